The molecule has 1 aromatic rings. The van der Waals surface area contributed by atoms with E-state index in [1.807, 2.05) is 14.1 Å². The van der Waals surface area contributed by atoms with Crippen LogP contribution in [-0.4, -0.2) is 46.2 Å². The van der Waals surface area contributed by atoms with Crippen LogP contribution >= 0.6 is 0 Å². The van der Waals surface area contributed by atoms with E-state index in [2.05, 4.69) is 20.2 Å². The number of hydrogen-bond acceptors (Lipinski definition) is 6. The van der Waals surface area contributed by atoms with E-state index in [0.717, 1.165) is 0 Å². The summed E-state index contributed by atoms with van der Waals surface area (Å²) < 4.78 is 26.7. The van der Waals surface area contributed by atoms with Gasteiger partial charge in [0.1, 0.15) is 10.7 Å². The molecule has 1 unspecified atom stereocenters. The smallest absolute Gasteiger partial charge is 0.248 e. The summed E-state index contributed by atoms with van der Waals surface area (Å²) in [6, 6.07) is 3.16. The zero-order valence-corrected chi connectivity index (χ0v) is 13.3. The molecule has 8 nitrogen and oxygen atoms in total. The normalized spacial score (nSPS) is 17.5. The van der Waals surface area contributed by atoms with Gasteiger partial charge in [0.05, 0.1) is 5.92 Å². The van der Waals surface area contributed by atoms with Crippen LogP contribution in [0, 0.1) is 5.92 Å². The maximum Gasteiger partial charge on any atom is 0.248 e. The largest absolute Gasteiger partial charge is 0.363 e. The molecule has 1 amide bonds. The predicted molar refractivity (Wildman–Crippen MR) is 83.1 cm³/mol. The third-order valence-corrected chi connectivity index (χ3v) is 4.69. The van der Waals surface area contributed by atoms with E-state index in [1.54, 1.807) is 17.2 Å². The molecule has 120 valence electrons. The average Bonchev–Trinajstić information content (AvgIpc) is 2.89. The highest BCUT2D eigenvalue weighted by Crippen LogP contribution is 2.13. The molecule has 2 rings (SSSR count). The second kappa shape index (κ2) is 6.84. The van der Waals surface area contributed by atoms with E-state index >= 15 is 0 Å². The highest BCUT2D eigenvalue weighted by atomic mass is 32.2. The fourth-order valence-electron chi connectivity index (χ4n) is 1.95. The van der Waals surface area contributed by atoms with Gasteiger partial charge in [0, 0.05) is 33.1 Å². The van der Waals surface area contributed by atoms with Gasteiger partial charge in [0.15, 0.2) is 0 Å². The van der Waals surface area contributed by atoms with Gasteiger partial charge in [-0.3, -0.25) is 4.79 Å². The van der Waals surface area contributed by atoms with Crippen LogP contribution in [0.1, 0.15) is 12.8 Å². The monoisotopic (exact) mass is 325 g/mol. The summed E-state index contributed by atoms with van der Waals surface area (Å²) in [5.74, 6) is 0.266. The number of rotatable bonds is 7. The lowest BCUT2D eigenvalue weighted by Gasteiger charge is -2.12. The van der Waals surface area contributed by atoms with E-state index in [9.17, 15) is 13.2 Å². The highest BCUT2D eigenvalue weighted by molar-refractivity contribution is 7.89. The van der Waals surface area contributed by atoms with Crippen molar-refractivity contribution in [1.29, 1.82) is 0 Å². The van der Waals surface area contributed by atoms with E-state index in [4.69, 9.17) is 0 Å². The number of aromatic nitrogens is 1. The molecule has 0 radical (unpaired) electrons. The molecule has 1 aliphatic heterocycles. The summed E-state index contributed by atoms with van der Waals surface area (Å²) >= 11 is 0. The standard InChI is InChI=1S/C13H19N5O3S/c1-18(2)12-6-5-11(9-14-12)22(20,21)16-7-3-4-10-8-15-17-13(10)19/h5-6,8-10,16H,3-4,7H2,1-2H3,(H,17,19). The molecular weight excluding hydrogens is 306 g/mol. The third-order valence-electron chi connectivity index (χ3n) is 3.24. The predicted octanol–water partition coefficient (Wildman–Crippen LogP) is -0.0621. The van der Waals surface area contributed by atoms with Crippen molar-refractivity contribution in [2.75, 3.05) is 25.5 Å². The first-order chi connectivity index (χ1) is 10.4. The van der Waals surface area contributed by atoms with E-state index in [1.165, 1.54) is 12.3 Å². The Kier molecular flexibility index (Phi) is 5.09. The van der Waals surface area contributed by atoms with E-state index < -0.39 is 10.0 Å². The molecule has 9 heteroatoms. The van der Waals surface area contributed by atoms with Crippen molar-refractivity contribution in [3.05, 3.63) is 18.3 Å². The first-order valence-electron chi connectivity index (χ1n) is 6.86. The summed E-state index contributed by atoms with van der Waals surface area (Å²) in [6.45, 7) is 0.259. The van der Waals surface area contributed by atoms with Gasteiger partial charge in [-0.2, -0.15) is 5.10 Å². The minimum atomic E-state index is -3.58. The number of sulfonamides is 1. The number of hydrogen-bond donors (Lipinski definition) is 2. The minimum Gasteiger partial charge on any atom is -0.363 e. The van der Waals surface area contributed by atoms with Crippen LogP contribution in [0.4, 0.5) is 5.82 Å². The summed E-state index contributed by atoms with van der Waals surface area (Å²) in [6.07, 6.45) is 3.97. The Morgan fingerprint density at radius 2 is 2.14 bits per heavy atom. The van der Waals surface area contributed by atoms with Crippen LogP contribution in [0.3, 0.4) is 0 Å². The van der Waals surface area contributed by atoms with Crippen molar-refractivity contribution >= 4 is 28.0 Å². The van der Waals surface area contributed by atoms with Crippen molar-refractivity contribution in [3.63, 3.8) is 0 Å². The molecule has 0 aliphatic carbocycles. The van der Waals surface area contributed by atoms with Crippen LogP contribution in [0.15, 0.2) is 28.3 Å². The number of nitrogens with zero attached hydrogens (tertiary/aromatic N) is 3. The van der Waals surface area contributed by atoms with Crippen molar-refractivity contribution < 1.29 is 13.2 Å². The molecular formula is C13H19N5O3S. The summed E-state index contributed by atoms with van der Waals surface area (Å²) in [5, 5.41) is 3.67. The number of pyridine rings is 1. The first-order valence-corrected chi connectivity index (χ1v) is 8.34. The molecule has 1 atom stereocenters. The molecule has 1 aliphatic rings. The van der Waals surface area contributed by atoms with Crippen molar-refractivity contribution in [2.45, 2.75) is 17.7 Å². The van der Waals surface area contributed by atoms with Crippen molar-refractivity contribution in [3.8, 4) is 0 Å². The first kappa shape index (κ1) is 16.4. The van der Waals surface area contributed by atoms with Gasteiger partial charge in [0.25, 0.3) is 0 Å². The number of nitrogens with one attached hydrogen (secondary N) is 2. The van der Waals surface area contributed by atoms with Crippen molar-refractivity contribution in [1.82, 2.24) is 15.1 Å². The van der Waals surface area contributed by atoms with E-state index in [0.29, 0.717) is 18.7 Å². The van der Waals surface area contributed by atoms with Crippen LogP contribution in [0.25, 0.3) is 0 Å². The topological polar surface area (TPSA) is 104 Å². The summed E-state index contributed by atoms with van der Waals surface area (Å²) in [5.41, 5.74) is 2.35. The number of hydrazone groups is 1. The number of carbonyl (C=O) groups is 1. The maximum absolute atomic E-state index is 12.1. The molecule has 0 aromatic carbocycles. The number of carbonyl (C=O) groups excluding carboxylic acids is 1. The molecule has 0 saturated heterocycles. The molecule has 1 aromatic heterocycles. The minimum absolute atomic E-state index is 0.123. The Morgan fingerprint density at radius 3 is 2.68 bits per heavy atom. The zero-order valence-electron chi connectivity index (χ0n) is 12.5. The quantitative estimate of drug-likeness (QED) is 0.683. The van der Waals surface area contributed by atoms with Crippen LogP contribution < -0.4 is 15.0 Å². The van der Waals surface area contributed by atoms with Gasteiger partial charge in [0.2, 0.25) is 15.9 Å². The Balaban J connectivity index is 1.85. The van der Waals surface area contributed by atoms with Gasteiger partial charge >= 0.3 is 0 Å². The fourth-order valence-corrected chi connectivity index (χ4v) is 2.97. The van der Waals surface area contributed by atoms with Gasteiger partial charge in [-0.15, -0.1) is 0 Å². The number of amides is 1. The van der Waals surface area contributed by atoms with Crippen LogP contribution in [-0.2, 0) is 14.8 Å². The highest BCUT2D eigenvalue weighted by Gasteiger charge is 2.20. The lowest BCUT2D eigenvalue weighted by molar-refractivity contribution is -0.122. The Hall–Kier alpha value is -2.00. The molecule has 0 fully saturated rings. The van der Waals surface area contributed by atoms with E-state index in [-0.39, 0.29) is 23.3 Å². The van der Waals surface area contributed by atoms with Crippen LogP contribution in [0.2, 0.25) is 0 Å². The molecule has 2 N–H and O–H groups in total. The second-order valence-corrected chi connectivity index (χ2v) is 6.91. The van der Waals surface area contributed by atoms with Gasteiger partial charge < -0.3 is 4.90 Å². The molecule has 2 heterocycles. The number of anilines is 1. The van der Waals surface area contributed by atoms with Gasteiger partial charge in [-0.25, -0.2) is 23.5 Å². The lowest BCUT2D eigenvalue weighted by Crippen LogP contribution is -2.26. The van der Waals surface area contributed by atoms with Crippen molar-refractivity contribution in [2.24, 2.45) is 11.0 Å². The molecule has 0 spiro atoms. The zero-order chi connectivity index (χ0) is 16.2. The SMILES string of the molecule is CN(C)c1ccc(S(=O)(=O)NCCCC2C=NNC2=O)cn1. The molecule has 0 saturated carbocycles. The molecule has 0 bridgehead atoms. The molecule has 22 heavy (non-hydrogen) atoms. The Labute approximate surface area is 129 Å². The third kappa shape index (κ3) is 4.01. The summed E-state index contributed by atoms with van der Waals surface area (Å²) in [7, 11) is 0.0839. The Morgan fingerprint density at radius 1 is 1.36 bits per heavy atom. The summed E-state index contributed by atoms with van der Waals surface area (Å²) in [4.78, 5) is 17.3. The average molecular weight is 325 g/mol. The Bertz CT molecular complexity index is 655. The van der Waals surface area contributed by atoms with Crippen LogP contribution in [0.5, 0.6) is 0 Å². The lowest BCUT2D eigenvalue weighted by atomic mass is 10.1. The fraction of sp³-hybridized carbons (Fsp3) is 0.462. The maximum atomic E-state index is 12.1. The van der Waals surface area contributed by atoms with Gasteiger partial charge in [-0.1, -0.05) is 0 Å². The van der Waals surface area contributed by atoms with Gasteiger partial charge in [-0.05, 0) is 25.0 Å². The second-order valence-electron chi connectivity index (χ2n) is 5.15.